The van der Waals surface area contributed by atoms with Crippen LogP contribution in [0.15, 0.2) is 22.7 Å². The van der Waals surface area contributed by atoms with Crippen LogP contribution >= 0.6 is 15.9 Å². The van der Waals surface area contributed by atoms with E-state index in [4.69, 9.17) is 0 Å². The lowest BCUT2D eigenvalue weighted by Crippen LogP contribution is -2.27. The smallest absolute Gasteiger partial charge is 0.0741 e. The molecular weight excluding hydrogens is 254 g/mol. The third-order valence-corrected chi connectivity index (χ3v) is 3.88. The molecule has 0 radical (unpaired) electrons. The van der Waals surface area contributed by atoms with Gasteiger partial charge < -0.3 is 10.4 Å². The summed E-state index contributed by atoms with van der Waals surface area (Å²) in [5, 5.41) is 13.1. The third-order valence-electron chi connectivity index (χ3n) is 2.99. The van der Waals surface area contributed by atoms with Crippen molar-refractivity contribution in [1.82, 2.24) is 0 Å². The van der Waals surface area contributed by atoms with Gasteiger partial charge in [-0.1, -0.05) is 15.9 Å². The van der Waals surface area contributed by atoms with Gasteiger partial charge in [0.05, 0.1) is 12.1 Å². The van der Waals surface area contributed by atoms with E-state index in [2.05, 4.69) is 34.2 Å². The summed E-state index contributed by atoms with van der Waals surface area (Å²) in [7, 11) is 0. The van der Waals surface area contributed by atoms with Crippen LogP contribution in [0.1, 0.15) is 24.8 Å². The normalized spacial score (nSPS) is 25.5. The highest BCUT2D eigenvalue weighted by Crippen LogP contribution is 2.25. The average molecular weight is 270 g/mol. The minimum atomic E-state index is -0.186. The zero-order valence-corrected chi connectivity index (χ0v) is 10.4. The maximum absolute atomic E-state index is 9.70. The summed E-state index contributed by atoms with van der Waals surface area (Å²) in [5.41, 5.74) is 2.31. The summed E-state index contributed by atoms with van der Waals surface area (Å²) in [5.74, 6) is 0. The van der Waals surface area contributed by atoms with E-state index in [1.165, 1.54) is 5.56 Å². The van der Waals surface area contributed by atoms with E-state index in [0.717, 1.165) is 29.4 Å². The van der Waals surface area contributed by atoms with Crippen molar-refractivity contribution >= 4 is 21.6 Å². The van der Waals surface area contributed by atoms with Crippen molar-refractivity contribution in [2.75, 3.05) is 5.32 Å². The minimum absolute atomic E-state index is 0.186. The van der Waals surface area contributed by atoms with Crippen LogP contribution < -0.4 is 5.32 Å². The molecule has 15 heavy (non-hydrogen) atoms. The highest BCUT2D eigenvalue weighted by atomic mass is 79.9. The van der Waals surface area contributed by atoms with Crippen LogP contribution in [0.5, 0.6) is 0 Å². The summed E-state index contributed by atoms with van der Waals surface area (Å²) >= 11 is 3.48. The Balaban J connectivity index is 2.07. The van der Waals surface area contributed by atoms with Gasteiger partial charge in [-0.25, -0.2) is 0 Å². The SMILES string of the molecule is Cc1cc(N[C@@H]2CCC[C@H]2O)ccc1Br. The molecule has 1 saturated carbocycles. The van der Waals surface area contributed by atoms with Crippen LogP contribution in [0.4, 0.5) is 5.69 Å². The van der Waals surface area contributed by atoms with Gasteiger partial charge in [-0.15, -0.1) is 0 Å². The van der Waals surface area contributed by atoms with Gasteiger partial charge in [-0.05, 0) is 49.9 Å². The molecule has 2 atom stereocenters. The number of halogens is 1. The molecule has 0 unspecified atom stereocenters. The van der Waals surface area contributed by atoms with Gasteiger partial charge >= 0.3 is 0 Å². The molecule has 3 heteroatoms. The molecule has 2 N–H and O–H groups in total. The van der Waals surface area contributed by atoms with Crippen LogP contribution in [0, 0.1) is 6.92 Å². The second-order valence-corrected chi connectivity index (χ2v) is 5.07. The van der Waals surface area contributed by atoms with Crippen LogP contribution in [0.25, 0.3) is 0 Å². The topological polar surface area (TPSA) is 32.3 Å². The molecule has 82 valence electrons. The minimum Gasteiger partial charge on any atom is -0.391 e. The molecule has 1 fully saturated rings. The Labute approximate surface area is 98.8 Å². The lowest BCUT2D eigenvalue weighted by molar-refractivity contribution is 0.172. The van der Waals surface area contributed by atoms with Gasteiger partial charge in [-0.2, -0.15) is 0 Å². The first kappa shape index (κ1) is 11.0. The van der Waals surface area contributed by atoms with Gasteiger partial charge in [0.25, 0.3) is 0 Å². The van der Waals surface area contributed by atoms with Crippen molar-refractivity contribution in [3.05, 3.63) is 28.2 Å². The quantitative estimate of drug-likeness (QED) is 0.865. The number of aliphatic hydroxyl groups is 1. The molecular formula is C12H16BrNO. The van der Waals surface area contributed by atoms with Crippen molar-refractivity contribution in [1.29, 1.82) is 0 Å². The van der Waals surface area contributed by atoms with E-state index >= 15 is 0 Å². The zero-order valence-electron chi connectivity index (χ0n) is 8.83. The largest absolute Gasteiger partial charge is 0.391 e. The van der Waals surface area contributed by atoms with E-state index in [1.54, 1.807) is 0 Å². The molecule has 0 saturated heterocycles. The monoisotopic (exact) mass is 269 g/mol. The maximum atomic E-state index is 9.70. The number of aryl methyl sites for hydroxylation is 1. The number of hydrogen-bond acceptors (Lipinski definition) is 2. The van der Waals surface area contributed by atoms with Gasteiger partial charge in [0.1, 0.15) is 0 Å². The van der Waals surface area contributed by atoms with Gasteiger partial charge in [0.2, 0.25) is 0 Å². The molecule has 1 aliphatic carbocycles. The Bertz CT molecular complexity index is 353. The second-order valence-electron chi connectivity index (χ2n) is 4.21. The standard InChI is InChI=1S/C12H16BrNO/c1-8-7-9(5-6-10(8)13)14-11-3-2-4-12(11)15/h5-7,11-12,14-15H,2-4H2,1H3/t11-,12-/m1/s1. The Morgan fingerprint density at radius 3 is 2.80 bits per heavy atom. The summed E-state index contributed by atoms with van der Waals surface area (Å²) in [6, 6.07) is 6.42. The molecule has 2 nitrogen and oxygen atoms in total. The first-order chi connectivity index (χ1) is 7.16. The Morgan fingerprint density at radius 2 is 2.20 bits per heavy atom. The third kappa shape index (κ3) is 2.52. The highest BCUT2D eigenvalue weighted by molar-refractivity contribution is 9.10. The first-order valence-electron chi connectivity index (χ1n) is 5.37. The fraction of sp³-hybridized carbons (Fsp3) is 0.500. The van der Waals surface area contributed by atoms with Crippen molar-refractivity contribution < 1.29 is 5.11 Å². The predicted octanol–water partition coefficient (Wildman–Crippen LogP) is 3.08. The first-order valence-corrected chi connectivity index (χ1v) is 6.17. The summed E-state index contributed by atoms with van der Waals surface area (Å²) < 4.78 is 1.13. The fourth-order valence-electron chi connectivity index (χ4n) is 2.06. The Morgan fingerprint density at radius 1 is 1.40 bits per heavy atom. The van der Waals surface area contributed by atoms with E-state index < -0.39 is 0 Å². The molecule has 0 aromatic heterocycles. The van der Waals surface area contributed by atoms with E-state index in [9.17, 15) is 5.11 Å². The Kier molecular flexibility index (Phi) is 3.32. The molecule has 2 rings (SSSR count). The predicted molar refractivity (Wildman–Crippen MR) is 66.1 cm³/mol. The Hall–Kier alpha value is -0.540. The number of anilines is 1. The van der Waals surface area contributed by atoms with E-state index in [-0.39, 0.29) is 12.1 Å². The molecule has 0 aliphatic heterocycles. The van der Waals surface area contributed by atoms with E-state index in [1.807, 2.05) is 12.1 Å². The molecule has 1 aromatic carbocycles. The summed E-state index contributed by atoms with van der Waals surface area (Å²) in [6.45, 7) is 2.07. The number of rotatable bonds is 2. The van der Waals surface area contributed by atoms with Crippen LogP contribution in [0.3, 0.4) is 0 Å². The molecule has 1 aliphatic rings. The molecule has 0 bridgehead atoms. The summed E-state index contributed by atoms with van der Waals surface area (Å²) in [4.78, 5) is 0. The second kappa shape index (κ2) is 4.54. The molecule has 0 spiro atoms. The number of aliphatic hydroxyl groups excluding tert-OH is 1. The highest BCUT2D eigenvalue weighted by Gasteiger charge is 2.24. The van der Waals surface area contributed by atoms with Crippen LogP contribution in [0.2, 0.25) is 0 Å². The van der Waals surface area contributed by atoms with Crippen molar-refractivity contribution in [2.24, 2.45) is 0 Å². The van der Waals surface area contributed by atoms with Crippen LogP contribution in [-0.2, 0) is 0 Å². The number of nitrogens with one attached hydrogen (secondary N) is 1. The number of hydrogen-bond donors (Lipinski definition) is 2. The molecule has 0 amide bonds. The lowest BCUT2D eigenvalue weighted by atomic mass is 10.1. The molecule has 0 heterocycles. The van der Waals surface area contributed by atoms with Crippen molar-refractivity contribution in [3.8, 4) is 0 Å². The average Bonchev–Trinajstić information content (AvgIpc) is 2.59. The van der Waals surface area contributed by atoms with E-state index in [0.29, 0.717) is 0 Å². The zero-order chi connectivity index (χ0) is 10.8. The number of benzene rings is 1. The van der Waals surface area contributed by atoms with Crippen molar-refractivity contribution in [3.63, 3.8) is 0 Å². The lowest BCUT2D eigenvalue weighted by Gasteiger charge is -2.18. The van der Waals surface area contributed by atoms with Gasteiger partial charge in [0, 0.05) is 10.2 Å². The molecule has 1 aromatic rings. The fourth-order valence-corrected chi connectivity index (χ4v) is 2.30. The maximum Gasteiger partial charge on any atom is 0.0741 e. The van der Waals surface area contributed by atoms with Crippen molar-refractivity contribution in [2.45, 2.75) is 38.3 Å². The van der Waals surface area contributed by atoms with Gasteiger partial charge in [0.15, 0.2) is 0 Å². The van der Waals surface area contributed by atoms with Crippen LogP contribution in [-0.4, -0.2) is 17.3 Å². The summed E-state index contributed by atoms with van der Waals surface area (Å²) in [6.07, 6.45) is 2.92. The van der Waals surface area contributed by atoms with Gasteiger partial charge in [-0.3, -0.25) is 0 Å².